The lowest BCUT2D eigenvalue weighted by Gasteiger charge is -2.50. The minimum atomic E-state index is 0.314. The fraction of sp³-hybridized carbons (Fsp3) is 1.00. The summed E-state index contributed by atoms with van der Waals surface area (Å²) in [6, 6.07) is 0.646. The molecule has 0 radical (unpaired) electrons. The largest absolute Gasteiger partial charge is 0.330 e. The van der Waals surface area contributed by atoms with Gasteiger partial charge >= 0.3 is 0 Å². The Hall–Kier alpha value is -0.120. The lowest BCUT2D eigenvalue weighted by atomic mass is 9.95. The molecule has 1 atom stereocenters. The van der Waals surface area contributed by atoms with Crippen molar-refractivity contribution in [1.29, 1.82) is 0 Å². The molecular formula is C11H25N3. The van der Waals surface area contributed by atoms with Gasteiger partial charge in [0.05, 0.1) is 0 Å². The van der Waals surface area contributed by atoms with E-state index < -0.39 is 0 Å². The van der Waals surface area contributed by atoms with Crippen LogP contribution in [-0.4, -0.2) is 54.6 Å². The summed E-state index contributed by atoms with van der Waals surface area (Å²) in [5.41, 5.74) is 5.94. The summed E-state index contributed by atoms with van der Waals surface area (Å²) in [7, 11) is 2.22. The molecule has 0 aromatic rings. The molecule has 0 aliphatic carbocycles. The number of nitrogens with zero attached hydrogens (tertiary/aromatic N) is 2. The summed E-state index contributed by atoms with van der Waals surface area (Å²) in [4.78, 5) is 5.02. The molecule has 1 rings (SSSR count). The molecule has 3 nitrogen and oxygen atoms in total. The molecule has 0 aromatic heterocycles. The molecule has 3 heteroatoms. The Morgan fingerprint density at radius 3 is 2.57 bits per heavy atom. The van der Waals surface area contributed by atoms with Crippen molar-refractivity contribution in [3.63, 3.8) is 0 Å². The minimum Gasteiger partial charge on any atom is -0.330 e. The standard InChI is InChI=1S/C11H25N3/c1-5-14-8-10(6-7-12)13(4)9-11(14,2)3/h10H,5-9,12H2,1-4H3. The van der Waals surface area contributed by atoms with Gasteiger partial charge in [0.25, 0.3) is 0 Å². The number of hydrogen-bond donors (Lipinski definition) is 1. The second-order valence-corrected chi connectivity index (χ2v) is 5.00. The second kappa shape index (κ2) is 4.60. The van der Waals surface area contributed by atoms with E-state index in [0.29, 0.717) is 11.6 Å². The van der Waals surface area contributed by atoms with Crippen molar-refractivity contribution < 1.29 is 0 Å². The van der Waals surface area contributed by atoms with Crippen molar-refractivity contribution in [2.75, 3.05) is 33.2 Å². The van der Waals surface area contributed by atoms with E-state index in [1.165, 1.54) is 0 Å². The highest BCUT2D eigenvalue weighted by atomic mass is 15.3. The Morgan fingerprint density at radius 2 is 2.07 bits per heavy atom. The number of nitrogens with two attached hydrogens (primary N) is 1. The fourth-order valence-corrected chi connectivity index (χ4v) is 2.54. The van der Waals surface area contributed by atoms with Gasteiger partial charge in [-0.3, -0.25) is 4.90 Å². The molecule has 1 aliphatic rings. The van der Waals surface area contributed by atoms with E-state index in [2.05, 4.69) is 37.6 Å². The maximum absolute atomic E-state index is 5.63. The van der Waals surface area contributed by atoms with Crippen LogP contribution in [0.5, 0.6) is 0 Å². The highest BCUT2D eigenvalue weighted by molar-refractivity contribution is 4.93. The van der Waals surface area contributed by atoms with Gasteiger partial charge in [0.15, 0.2) is 0 Å². The SMILES string of the molecule is CCN1CC(CCN)N(C)CC1(C)C. The normalized spacial score (nSPS) is 29.4. The van der Waals surface area contributed by atoms with Crippen LogP contribution in [0.4, 0.5) is 0 Å². The third-order valence-electron chi connectivity index (χ3n) is 3.43. The molecule has 2 N–H and O–H groups in total. The summed E-state index contributed by atoms with van der Waals surface area (Å²) in [5, 5.41) is 0. The number of piperazine rings is 1. The van der Waals surface area contributed by atoms with Gasteiger partial charge in [0, 0.05) is 24.7 Å². The van der Waals surface area contributed by atoms with E-state index in [1.54, 1.807) is 0 Å². The molecule has 0 amide bonds. The Labute approximate surface area is 88.2 Å². The van der Waals surface area contributed by atoms with E-state index >= 15 is 0 Å². The highest BCUT2D eigenvalue weighted by Gasteiger charge is 2.35. The van der Waals surface area contributed by atoms with Gasteiger partial charge < -0.3 is 10.6 Å². The van der Waals surface area contributed by atoms with Crippen molar-refractivity contribution in [1.82, 2.24) is 9.80 Å². The van der Waals surface area contributed by atoms with Gasteiger partial charge in [-0.1, -0.05) is 6.92 Å². The molecule has 0 bridgehead atoms. The summed E-state index contributed by atoms with van der Waals surface area (Å²) in [6.45, 7) is 11.1. The molecule has 0 spiro atoms. The van der Waals surface area contributed by atoms with Crippen molar-refractivity contribution in [2.45, 2.75) is 38.8 Å². The topological polar surface area (TPSA) is 32.5 Å². The van der Waals surface area contributed by atoms with Crippen LogP contribution in [-0.2, 0) is 0 Å². The van der Waals surface area contributed by atoms with Crippen LogP contribution in [0, 0.1) is 0 Å². The predicted octanol–water partition coefficient (Wildman–Crippen LogP) is 0.750. The average molecular weight is 199 g/mol. The third-order valence-corrected chi connectivity index (χ3v) is 3.43. The highest BCUT2D eigenvalue weighted by Crippen LogP contribution is 2.23. The quantitative estimate of drug-likeness (QED) is 0.728. The van der Waals surface area contributed by atoms with Crippen molar-refractivity contribution in [3.8, 4) is 0 Å². The number of hydrogen-bond acceptors (Lipinski definition) is 3. The average Bonchev–Trinajstić information content (AvgIpc) is 2.09. The Kier molecular flexibility index (Phi) is 3.93. The minimum absolute atomic E-state index is 0.314. The van der Waals surface area contributed by atoms with Gasteiger partial charge in [-0.05, 0) is 40.4 Å². The van der Waals surface area contributed by atoms with Gasteiger partial charge in [-0.15, -0.1) is 0 Å². The first-order valence-electron chi connectivity index (χ1n) is 5.66. The van der Waals surface area contributed by atoms with Crippen molar-refractivity contribution in [3.05, 3.63) is 0 Å². The molecule has 1 fully saturated rings. The molecule has 14 heavy (non-hydrogen) atoms. The molecule has 1 aliphatic heterocycles. The summed E-state index contributed by atoms with van der Waals surface area (Å²) in [5.74, 6) is 0. The van der Waals surface area contributed by atoms with E-state index in [1.807, 2.05) is 0 Å². The molecule has 0 saturated carbocycles. The summed E-state index contributed by atoms with van der Waals surface area (Å²) < 4.78 is 0. The van der Waals surface area contributed by atoms with E-state index in [4.69, 9.17) is 5.73 Å². The summed E-state index contributed by atoms with van der Waals surface area (Å²) >= 11 is 0. The molecule has 0 aromatic carbocycles. The van der Waals surface area contributed by atoms with Gasteiger partial charge in [0.2, 0.25) is 0 Å². The zero-order valence-electron chi connectivity index (χ0n) is 10.1. The molecular weight excluding hydrogens is 174 g/mol. The first kappa shape index (κ1) is 12.0. The Balaban J connectivity index is 2.62. The van der Waals surface area contributed by atoms with Crippen LogP contribution in [0.25, 0.3) is 0 Å². The monoisotopic (exact) mass is 199 g/mol. The zero-order chi connectivity index (χ0) is 10.8. The third kappa shape index (κ3) is 2.47. The van der Waals surface area contributed by atoms with Crippen LogP contribution >= 0.6 is 0 Å². The van der Waals surface area contributed by atoms with E-state index in [0.717, 1.165) is 32.6 Å². The van der Waals surface area contributed by atoms with Crippen LogP contribution in [0.15, 0.2) is 0 Å². The van der Waals surface area contributed by atoms with Gasteiger partial charge in [-0.2, -0.15) is 0 Å². The second-order valence-electron chi connectivity index (χ2n) is 5.00. The molecule has 1 saturated heterocycles. The number of rotatable bonds is 3. The van der Waals surface area contributed by atoms with Crippen LogP contribution in [0.1, 0.15) is 27.2 Å². The smallest absolute Gasteiger partial charge is 0.0280 e. The van der Waals surface area contributed by atoms with Gasteiger partial charge in [0.1, 0.15) is 0 Å². The van der Waals surface area contributed by atoms with Crippen LogP contribution in [0.3, 0.4) is 0 Å². The molecule has 84 valence electrons. The fourth-order valence-electron chi connectivity index (χ4n) is 2.54. The van der Waals surface area contributed by atoms with Gasteiger partial charge in [-0.25, -0.2) is 0 Å². The van der Waals surface area contributed by atoms with Crippen LogP contribution < -0.4 is 5.73 Å². The first-order valence-corrected chi connectivity index (χ1v) is 5.66. The van der Waals surface area contributed by atoms with E-state index in [-0.39, 0.29) is 0 Å². The Bertz CT molecular complexity index is 179. The molecule has 1 unspecified atom stereocenters. The Morgan fingerprint density at radius 1 is 1.43 bits per heavy atom. The van der Waals surface area contributed by atoms with Crippen molar-refractivity contribution >= 4 is 0 Å². The lowest BCUT2D eigenvalue weighted by molar-refractivity contribution is -0.00296. The van der Waals surface area contributed by atoms with Crippen molar-refractivity contribution in [2.24, 2.45) is 5.73 Å². The predicted molar refractivity (Wildman–Crippen MR) is 61.4 cm³/mol. The first-order chi connectivity index (χ1) is 6.51. The number of likely N-dealkylation sites (N-methyl/N-ethyl adjacent to an activating group) is 2. The van der Waals surface area contributed by atoms with E-state index in [9.17, 15) is 0 Å². The summed E-state index contributed by atoms with van der Waals surface area (Å²) in [6.07, 6.45) is 1.11. The lowest BCUT2D eigenvalue weighted by Crippen LogP contribution is -2.62. The zero-order valence-corrected chi connectivity index (χ0v) is 10.1. The van der Waals surface area contributed by atoms with Crippen LogP contribution in [0.2, 0.25) is 0 Å². The maximum Gasteiger partial charge on any atom is 0.0280 e. The maximum atomic E-state index is 5.63. The molecule has 1 heterocycles.